The fourth-order valence-corrected chi connectivity index (χ4v) is 8.49. The minimum absolute atomic E-state index is 0.122. The van der Waals surface area contributed by atoms with Crippen molar-refractivity contribution in [3.8, 4) is 0 Å². The van der Waals surface area contributed by atoms with E-state index in [1.165, 1.54) is 0 Å². The average Bonchev–Trinajstić information content (AvgIpc) is 3.47. The molecule has 8 atom stereocenters. The zero-order valence-corrected chi connectivity index (χ0v) is 25.8. The number of hydrogen-bond acceptors (Lipinski definition) is 12. The van der Waals surface area contributed by atoms with E-state index in [4.69, 9.17) is 67.3 Å². The molecule has 0 N–H and O–H groups in total. The van der Waals surface area contributed by atoms with Crippen LogP contribution in [0, 0.1) is 0 Å². The fraction of sp³-hybridized carbons (Fsp3) is 1.00. The molecule has 6 saturated heterocycles. The van der Waals surface area contributed by atoms with Crippen molar-refractivity contribution in [2.24, 2.45) is 0 Å². The molecule has 14 heteroatoms. The second kappa shape index (κ2) is 9.02. The molecule has 0 aromatic carbocycles. The Kier molecular flexibility index (Phi) is 6.73. The van der Waals surface area contributed by atoms with Gasteiger partial charge in [-0.1, -0.05) is 11.1 Å². The molecule has 0 radical (unpaired) electrons. The first-order valence-corrected chi connectivity index (χ1v) is 16.9. The Labute approximate surface area is 234 Å². The highest BCUT2D eigenvalue weighted by Gasteiger charge is 2.68. The van der Waals surface area contributed by atoms with E-state index in [-0.39, 0.29) is 26.4 Å². The Balaban J connectivity index is 1.30. The van der Waals surface area contributed by atoms with E-state index < -0.39 is 79.2 Å². The van der Waals surface area contributed by atoms with Gasteiger partial charge in [0.25, 0.3) is 0 Å². The lowest BCUT2D eigenvalue weighted by atomic mass is 9.97. The maximum absolute atomic E-state index is 7.19. The molecule has 0 bridgehead atoms. The lowest BCUT2D eigenvalue weighted by Crippen LogP contribution is -2.68. The van der Waals surface area contributed by atoms with E-state index in [9.17, 15) is 0 Å². The molecule has 6 fully saturated rings. The van der Waals surface area contributed by atoms with Crippen molar-refractivity contribution in [2.75, 3.05) is 26.4 Å². The molecule has 6 rings (SSSR count). The first-order valence-electron chi connectivity index (χ1n) is 13.5. The maximum atomic E-state index is 7.19. The summed E-state index contributed by atoms with van der Waals surface area (Å²) >= 11 is 7.19. The monoisotopic (exact) mass is 596 g/mol. The van der Waals surface area contributed by atoms with Gasteiger partial charge in [0.1, 0.15) is 49.8 Å². The molecule has 0 aromatic heterocycles. The van der Waals surface area contributed by atoms with E-state index in [1.54, 1.807) is 6.55 Å². The molecule has 0 aliphatic carbocycles. The number of hydrogen-bond donors (Lipinski definition) is 0. The van der Waals surface area contributed by atoms with Crippen LogP contribution in [0.25, 0.3) is 0 Å². The molecule has 12 nitrogen and oxygen atoms in total. The van der Waals surface area contributed by atoms with Gasteiger partial charge in [0.05, 0.1) is 13.2 Å². The summed E-state index contributed by atoms with van der Waals surface area (Å²) in [5.74, 6) is -6.03. The molecule has 2 spiro atoms. The van der Waals surface area contributed by atoms with Crippen molar-refractivity contribution in [1.82, 2.24) is 0 Å². The van der Waals surface area contributed by atoms with Crippen molar-refractivity contribution in [3.63, 3.8) is 0 Å². The Morgan fingerprint density at radius 2 is 0.974 bits per heavy atom. The lowest BCUT2D eigenvalue weighted by Gasteiger charge is -2.48. The molecule has 0 saturated carbocycles. The molecular weight excluding hydrogens is 556 g/mol. The third-order valence-corrected chi connectivity index (χ3v) is 9.53. The molecule has 6 aliphatic rings. The number of rotatable bonds is 4. The van der Waals surface area contributed by atoms with Gasteiger partial charge in [-0.2, -0.15) is 0 Å². The Morgan fingerprint density at radius 3 is 1.31 bits per heavy atom. The van der Waals surface area contributed by atoms with Gasteiger partial charge in [0, 0.05) is 0 Å². The third kappa shape index (κ3) is 5.35. The molecule has 224 valence electrons. The van der Waals surface area contributed by atoms with Gasteiger partial charge in [-0.15, -0.1) is 0 Å². The normalized spacial score (nSPS) is 47.5. The maximum Gasteiger partial charge on any atom is 0.441 e. The van der Waals surface area contributed by atoms with Gasteiger partial charge in [0.2, 0.25) is 11.6 Å². The molecule has 0 aromatic rings. The van der Waals surface area contributed by atoms with E-state index in [2.05, 4.69) is 0 Å². The summed E-state index contributed by atoms with van der Waals surface area (Å²) in [5, 5.41) is 0. The minimum Gasteiger partial charge on any atom is -0.371 e. The van der Waals surface area contributed by atoms with Gasteiger partial charge in [-0.3, -0.25) is 0 Å². The summed E-state index contributed by atoms with van der Waals surface area (Å²) in [6.45, 7) is 17.1. The lowest BCUT2D eigenvalue weighted by molar-refractivity contribution is -0.332. The quantitative estimate of drug-likeness (QED) is 0.351. The summed E-state index contributed by atoms with van der Waals surface area (Å²) in [6.07, 6.45) is -3.51. The summed E-state index contributed by atoms with van der Waals surface area (Å²) in [7, 11) is -3.60. The van der Waals surface area contributed by atoms with Crippen LogP contribution in [0.3, 0.4) is 0 Å². The van der Waals surface area contributed by atoms with Crippen LogP contribution in [-0.2, 0) is 56.2 Å². The highest BCUT2D eigenvalue weighted by atomic mass is 35.6. The van der Waals surface area contributed by atoms with Crippen LogP contribution < -0.4 is 0 Å². The molecule has 39 heavy (non-hydrogen) atoms. The Hall–Kier alpha value is 0.0269. The first-order chi connectivity index (χ1) is 17.8. The van der Waals surface area contributed by atoms with Crippen LogP contribution in [0.1, 0.15) is 55.4 Å². The van der Waals surface area contributed by atoms with Crippen LogP contribution in [0.2, 0.25) is 6.55 Å². The zero-order chi connectivity index (χ0) is 28.3. The number of halogens is 1. The van der Waals surface area contributed by atoms with Crippen LogP contribution in [0.5, 0.6) is 0 Å². The van der Waals surface area contributed by atoms with Crippen molar-refractivity contribution in [2.45, 2.75) is 133 Å². The van der Waals surface area contributed by atoms with Gasteiger partial charge in [-0.25, -0.2) is 0 Å². The SMILES string of the molecule is CC1(C)O[C@@H]2[C@@H](CO[C@]3(COC(C)(C)O3)[C@H]2O[Si](C)(Cl)O[C@H]2[C@@H]3OC(C)(C)O[C@@H]3CO[C@]23COC(C)(C)O3)O1. The van der Waals surface area contributed by atoms with Gasteiger partial charge in [0.15, 0.2) is 23.1 Å². The van der Waals surface area contributed by atoms with Crippen LogP contribution in [0.4, 0.5) is 0 Å². The molecule has 0 unspecified atom stereocenters. The molecule has 6 aliphatic heterocycles. The van der Waals surface area contributed by atoms with E-state index >= 15 is 0 Å². The van der Waals surface area contributed by atoms with Crippen LogP contribution in [0.15, 0.2) is 0 Å². The van der Waals surface area contributed by atoms with Gasteiger partial charge >= 0.3 is 7.87 Å². The second-order valence-electron chi connectivity index (χ2n) is 13.0. The predicted octanol–water partition coefficient (Wildman–Crippen LogP) is 2.62. The average molecular weight is 597 g/mol. The summed E-state index contributed by atoms with van der Waals surface area (Å²) in [5.41, 5.74) is 0. The van der Waals surface area contributed by atoms with E-state index in [1.807, 2.05) is 55.4 Å². The predicted molar refractivity (Wildman–Crippen MR) is 134 cm³/mol. The third-order valence-electron chi connectivity index (χ3n) is 7.64. The van der Waals surface area contributed by atoms with Crippen molar-refractivity contribution in [3.05, 3.63) is 0 Å². The topological polar surface area (TPSA) is 111 Å². The Bertz CT molecular complexity index is 899. The van der Waals surface area contributed by atoms with Gasteiger partial charge < -0.3 is 56.2 Å². The molecular formula is C25H41ClO12Si. The standard InChI is InChI=1S/C25H41ClO12Si/c1-20(2)29-12-24(37-20)18(16-14(10-27-24)31-22(5,6)33-16)35-39(9,26)36-19-17-15(32-23(7,8)34-17)11-28-25(19)13-30-21(3,4)38-25/h14-19H,10-13H2,1-9H3/t14-,15-,16-,17-,18+,19+,24+,25+/m1/s1. The van der Waals surface area contributed by atoms with Crippen LogP contribution >= 0.6 is 11.1 Å². The summed E-state index contributed by atoms with van der Waals surface area (Å²) < 4.78 is 75.1. The van der Waals surface area contributed by atoms with Gasteiger partial charge in [-0.05, 0) is 61.9 Å². The smallest absolute Gasteiger partial charge is 0.371 e. The fourth-order valence-electron chi connectivity index (χ4n) is 6.32. The van der Waals surface area contributed by atoms with E-state index in [0.717, 1.165) is 0 Å². The highest BCUT2D eigenvalue weighted by molar-refractivity contribution is 7.12. The largest absolute Gasteiger partial charge is 0.441 e. The van der Waals surface area contributed by atoms with Crippen molar-refractivity contribution < 1.29 is 56.2 Å². The van der Waals surface area contributed by atoms with Crippen molar-refractivity contribution in [1.29, 1.82) is 0 Å². The number of ether oxygens (including phenoxy) is 10. The second-order valence-corrected chi connectivity index (χ2v) is 17.2. The molecule has 6 heterocycles. The zero-order valence-electron chi connectivity index (χ0n) is 24.1. The minimum atomic E-state index is -3.60. The first kappa shape index (κ1) is 29.1. The molecule has 0 amide bonds. The van der Waals surface area contributed by atoms with Crippen molar-refractivity contribution >= 4 is 18.9 Å². The highest BCUT2D eigenvalue weighted by Crippen LogP contribution is 2.49. The van der Waals surface area contributed by atoms with E-state index in [0.29, 0.717) is 0 Å². The Morgan fingerprint density at radius 1 is 0.590 bits per heavy atom. The summed E-state index contributed by atoms with van der Waals surface area (Å²) in [6, 6.07) is 0. The number of fused-ring (bicyclic) bond motifs is 2. The van der Waals surface area contributed by atoms with Crippen LogP contribution in [-0.4, -0.2) is 106 Å². The summed E-state index contributed by atoms with van der Waals surface area (Å²) in [4.78, 5) is 0.